The molecule has 0 saturated carbocycles. The zero-order valence-electron chi connectivity index (χ0n) is 22.0. The smallest absolute Gasteiger partial charge is 0.343 e. The van der Waals surface area contributed by atoms with E-state index in [1.165, 1.54) is 10.9 Å². The number of nitrogens with one attached hydrogen (secondary N) is 1. The Balaban J connectivity index is 1.30. The molecule has 0 atom stereocenters. The van der Waals surface area contributed by atoms with Crippen LogP contribution in [0.5, 0.6) is 17.2 Å². The molecule has 12 nitrogen and oxygen atoms in total. The minimum absolute atomic E-state index is 0.0369. The zero-order chi connectivity index (χ0) is 28.1. The normalized spacial score (nSPS) is 10.8. The van der Waals surface area contributed by atoms with Crippen molar-refractivity contribution in [2.45, 2.75) is 13.7 Å². The van der Waals surface area contributed by atoms with E-state index < -0.39 is 11.9 Å². The van der Waals surface area contributed by atoms with Crippen molar-refractivity contribution in [3.8, 4) is 28.5 Å². The maximum absolute atomic E-state index is 13.0. The second kappa shape index (κ2) is 11.6. The molecule has 0 fully saturated rings. The van der Waals surface area contributed by atoms with E-state index in [1.807, 2.05) is 6.07 Å². The monoisotopic (exact) mass is 542 g/mol. The lowest BCUT2D eigenvalue weighted by Gasteiger charge is -2.13. The van der Waals surface area contributed by atoms with Gasteiger partial charge in [0.25, 0.3) is 5.91 Å². The molecule has 0 spiro atoms. The number of ether oxygens (including phenoxy) is 4. The first-order valence-corrected chi connectivity index (χ1v) is 12.3. The van der Waals surface area contributed by atoms with E-state index in [0.29, 0.717) is 34.3 Å². The Labute approximate surface area is 229 Å². The van der Waals surface area contributed by atoms with Crippen molar-refractivity contribution < 1.29 is 28.5 Å². The number of rotatable bonds is 10. The highest BCUT2D eigenvalue weighted by atomic mass is 16.5. The van der Waals surface area contributed by atoms with Crippen LogP contribution in [0.15, 0.2) is 73.2 Å². The van der Waals surface area contributed by atoms with E-state index in [0.717, 1.165) is 5.56 Å². The predicted octanol–water partition coefficient (Wildman–Crippen LogP) is 4.08. The summed E-state index contributed by atoms with van der Waals surface area (Å²) in [6.45, 7) is 2.02. The maximum Gasteiger partial charge on any atom is 0.343 e. The fourth-order valence-corrected chi connectivity index (χ4v) is 4.06. The van der Waals surface area contributed by atoms with Gasteiger partial charge in [0.05, 0.1) is 32.7 Å². The van der Waals surface area contributed by atoms with Gasteiger partial charge in [-0.3, -0.25) is 4.79 Å². The Kier molecular flexibility index (Phi) is 7.58. The lowest BCUT2D eigenvalue weighted by molar-refractivity contribution is 0.0528. The van der Waals surface area contributed by atoms with Crippen molar-refractivity contribution in [1.29, 1.82) is 0 Å². The molecule has 0 aliphatic carbocycles. The predicted molar refractivity (Wildman–Crippen MR) is 145 cm³/mol. The Morgan fingerprint density at radius 2 is 1.77 bits per heavy atom. The van der Waals surface area contributed by atoms with Crippen LogP contribution < -0.4 is 19.5 Å². The van der Waals surface area contributed by atoms with Gasteiger partial charge in [0.2, 0.25) is 5.75 Å². The number of anilines is 1. The van der Waals surface area contributed by atoms with E-state index in [-0.39, 0.29) is 24.6 Å². The molecule has 5 aromatic rings. The molecular formula is C28H26N6O6. The van der Waals surface area contributed by atoms with Crippen molar-refractivity contribution in [3.05, 3.63) is 84.4 Å². The molecule has 5 rings (SSSR count). The molecular weight excluding hydrogens is 516 g/mol. The van der Waals surface area contributed by atoms with Crippen molar-refractivity contribution in [1.82, 2.24) is 24.4 Å². The number of fused-ring (bicyclic) bond motifs is 1. The Morgan fingerprint density at radius 1 is 1.00 bits per heavy atom. The van der Waals surface area contributed by atoms with E-state index in [4.69, 9.17) is 18.9 Å². The maximum atomic E-state index is 13.0. The molecule has 3 aromatic heterocycles. The lowest BCUT2D eigenvalue weighted by Crippen LogP contribution is -2.14. The number of benzene rings is 2. The number of hydrogen-bond donors (Lipinski definition) is 1. The summed E-state index contributed by atoms with van der Waals surface area (Å²) in [5, 5.41) is 11.5. The topological polar surface area (TPSA) is 131 Å². The average molecular weight is 543 g/mol. The molecule has 0 aliphatic heterocycles. The minimum Gasteiger partial charge on any atom is -0.493 e. The fourth-order valence-electron chi connectivity index (χ4n) is 4.06. The molecule has 0 aliphatic rings. The van der Waals surface area contributed by atoms with Crippen molar-refractivity contribution >= 4 is 23.2 Å². The molecule has 2 aromatic carbocycles. The van der Waals surface area contributed by atoms with Crippen LogP contribution in [0.1, 0.15) is 27.8 Å². The summed E-state index contributed by atoms with van der Waals surface area (Å²) in [6.07, 6.45) is 4.66. The van der Waals surface area contributed by atoms with Gasteiger partial charge >= 0.3 is 5.97 Å². The van der Waals surface area contributed by atoms with Gasteiger partial charge in [0.15, 0.2) is 29.6 Å². The summed E-state index contributed by atoms with van der Waals surface area (Å²) < 4.78 is 24.7. The van der Waals surface area contributed by atoms with Crippen LogP contribution in [0, 0.1) is 0 Å². The molecule has 0 radical (unpaired) electrons. The van der Waals surface area contributed by atoms with Crippen molar-refractivity contribution in [3.63, 3.8) is 0 Å². The third-order valence-corrected chi connectivity index (χ3v) is 5.91. The largest absolute Gasteiger partial charge is 0.493 e. The average Bonchev–Trinajstić information content (AvgIpc) is 3.64. The highest BCUT2D eigenvalue weighted by Gasteiger charge is 2.18. The lowest BCUT2D eigenvalue weighted by atomic mass is 10.1. The van der Waals surface area contributed by atoms with Crippen LogP contribution in [-0.2, 0) is 11.5 Å². The molecule has 40 heavy (non-hydrogen) atoms. The first kappa shape index (κ1) is 26.2. The molecule has 204 valence electrons. The van der Waals surface area contributed by atoms with E-state index in [1.54, 1.807) is 86.6 Å². The van der Waals surface area contributed by atoms with Gasteiger partial charge in [-0.1, -0.05) is 18.2 Å². The van der Waals surface area contributed by atoms with Gasteiger partial charge in [-0.15, -0.1) is 0 Å². The highest BCUT2D eigenvalue weighted by molar-refractivity contribution is 6.03. The summed E-state index contributed by atoms with van der Waals surface area (Å²) in [4.78, 5) is 29.5. The first-order valence-electron chi connectivity index (χ1n) is 12.3. The number of esters is 1. The van der Waals surface area contributed by atoms with Crippen LogP contribution >= 0.6 is 0 Å². The molecule has 0 bridgehead atoms. The van der Waals surface area contributed by atoms with Gasteiger partial charge in [0.1, 0.15) is 5.56 Å². The second-order valence-electron chi connectivity index (χ2n) is 8.38. The molecule has 12 heteroatoms. The summed E-state index contributed by atoms with van der Waals surface area (Å²) >= 11 is 0. The molecule has 1 N–H and O–H groups in total. The number of amides is 1. The van der Waals surface area contributed by atoms with Crippen molar-refractivity contribution in [2.75, 3.05) is 26.1 Å². The van der Waals surface area contributed by atoms with Gasteiger partial charge in [-0.05, 0) is 43.3 Å². The Bertz CT molecular complexity index is 1650. The van der Waals surface area contributed by atoms with Crippen LogP contribution in [0.2, 0.25) is 0 Å². The minimum atomic E-state index is -0.491. The third-order valence-electron chi connectivity index (χ3n) is 5.91. The number of hydrogen-bond acceptors (Lipinski definition) is 9. The number of nitrogens with zero attached hydrogens (tertiary/aromatic N) is 5. The van der Waals surface area contributed by atoms with Crippen LogP contribution in [0.4, 0.5) is 5.69 Å². The summed E-state index contributed by atoms with van der Waals surface area (Å²) in [5.41, 5.74) is 2.85. The summed E-state index contributed by atoms with van der Waals surface area (Å²) in [6, 6.07) is 15.9. The number of carbonyl (C=O) groups is 2. The van der Waals surface area contributed by atoms with Crippen LogP contribution in [0.25, 0.3) is 16.9 Å². The number of methoxy groups -OCH3 is 2. The second-order valence-corrected chi connectivity index (χ2v) is 8.38. The molecule has 3 heterocycles. The number of carbonyl (C=O) groups excluding carboxylic acids is 2. The highest BCUT2D eigenvalue weighted by Crippen LogP contribution is 2.36. The summed E-state index contributed by atoms with van der Waals surface area (Å²) in [5.74, 6) is 0.582. The van der Waals surface area contributed by atoms with Crippen molar-refractivity contribution in [2.24, 2.45) is 0 Å². The molecule has 0 unspecified atom stereocenters. The Hall–Kier alpha value is -5.39. The number of para-hydroxylation sites is 1. The Morgan fingerprint density at radius 3 is 2.52 bits per heavy atom. The third kappa shape index (κ3) is 5.27. The zero-order valence-corrected chi connectivity index (χ0v) is 22.0. The van der Waals surface area contributed by atoms with E-state index >= 15 is 0 Å². The first-order chi connectivity index (χ1) is 19.5. The van der Waals surface area contributed by atoms with Crippen LogP contribution in [-0.4, -0.2) is 57.1 Å². The van der Waals surface area contributed by atoms with Crippen LogP contribution in [0.3, 0.4) is 0 Å². The standard InChI is InChI=1S/C28H26N6O6/c1-4-39-28(36)20-16-30-34-22(11-13-29-26(20)34)18-7-5-8-19(15-18)31-27(35)21-12-14-33(32-21)17-40-25-23(37-2)9-6-10-24(25)38-3/h5-16H,4,17H2,1-3H3,(H,31,35). The fraction of sp³-hybridized carbons (Fsp3) is 0.179. The quantitative estimate of drug-likeness (QED) is 0.259. The van der Waals surface area contributed by atoms with E-state index in [9.17, 15) is 9.59 Å². The summed E-state index contributed by atoms with van der Waals surface area (Å²) in [7, 11) is 3.08. The molecule has 1 amide bonds. The molecule has 0 saturated heterocycles. The van der Waals surface area contributed by atoms with Gasteiger partial charge in [-0.2, -0.15) is 10.2 Å². The number of aromatic nitrogens is 5. The van der Waals surface area contributed by atoms with Gasteiger partial charge in [0, 0.05) is 23.6 Å². The van der Waals surface area contributed by atoms with Gasteiger partial charge < -0.3 is 24.3 Å². The van der Waals surface area contributed by atoms with E-state index in [2.05, 4.69) is 20.5 Å². The SMILES string of the molecule is CCOC(=O)c1cnn2c(-c3cccc(NC(=O)c4ccn(COc5c(OC)cccc5OC)n4)c3)ccnc12. The van der Waals surface area contributed by atoms with Gasteiger partial charge in [-0.25, -0.2) is 19.0 Å².